The molecule has 0 radical (unpaired) electrons. The highest BCUT2D eigenvalue weighted by Crippen LogP contribution is 2.28. The van der Waals surface area contributed by atoms with E-state index in [2.05, 4.69) is 30.5 Å². The minimum Gasteiger partial charge on any atom is -0.291 e. The maximum absolute atomic E-state index is 12.2. The maximum atomic E-state index is 12.2. The van der Waals surface area contributed by atoms with Gasteiger partial charge in [-0.2, -0.15) is 0 Å². The number of amides is 1. The quantitative estimate of drug-likeness (QED) is 0.625. The average molecular weight is 326 g/mol. The second kappa shape index (κ2) is 6.56. The van der Waals surface area contributed by atoms with E-state index in [1.807, 2.05) is 24.1 Å². The summed E-state index contributed by atoms with van der Waals surface area (Å²) in [5.41, 5.74) is 2.37. The van der Waals surface area contributed by atoms with Gasteiger partial charge in [0.1, 0.15) is 0 Å². The Morgan fingerprint density at radius 1 is 1.04 bits per heavy atom. The summed E-state index contributed by atoms with van der Waals surface area (Å²) in [5, 5.41) is 0. The van der Waals surface area contributed by atoms with Gasteiger partial charge < -0.3 is 0 Å². The number of thioether (sulfide) groups is 1. The van der Waals surface area contributed by atoms with Crippen molar-refractivity contribution in [1.82, 2.24) is 4.90 Å². The lowest BCUT2D eigenvalue weighted by Crippen LogP contribution is -2.38. The summed E-state index contributed by atoms with van der Waals surface area (Å²) >= 11 is 1.71. The highest BCUT2D eigenvalue weighted by atomic mass is 32.2. The molecule has 1 aliphatic heterocycles. The Bertz CT molecular complexity index is 743. The number of fused-ring (bicyclic) bond motifs is 1. The van der Waals surface area contributed by atoms with Crippen LogP contribution in [0, 0.1) is 0 Å². The van der Waals surface area contributed by atoms with Crippen molar-refractivity contribution in [2.45, 2.75) is 11.4 Å². The van der Waals surface area contributed by atoms with Gasteiger partial charge in [0.15, 0.2) is 0 Å². The zero-order valence-corrected chi connectivity index (χ0v) is 14.0. The normalized spacial score (nSPS) is 13.8. The first-order valence-electron chi connectivity index (χ1n) is 7.37. The molecule has 1 aliphatic rings. The van der Waals surface area contributed by atoms with Crippen LogP contribution in [-0.4, -0.2) is 36.6 Å². The van der Waals surface area contributed by atoms with E-state index in [4.69, 9.17) is 0 Å². The number of ketones is 1. The first kappa shape index (κ1) is 15.8. The standard InChI is InChI=1S/C18H18N2O2S/c1-19(11-13-7-9-14(23-2)10-8-13)12-20-16-6-4-3-5-15(16)17(21)18(20)22/h3-10H,11-12H2,1-2H3. The van der Waals surface area contributed by atoms with E-state index in [1.165, 1.54) is 10.5 Å². The molecule has 5 heteroatoms. The Morgan fingerprint density at radius 2 is 1.74 bits per heavy atom. The van der Waals surface area contributed by atoms with Crippen molar-refractivity contribution in [1.29, 1.82) is 0 Å². The average Bonchev–Trinajstić information content (AvgIpc) is 2.81. The largest absolute Gasteiger partial charge is 0.300 e. The number of hydrogen-bond donors (Lipinski definition) is 0. The molecule has 0 bridgehead atoms. The molecule has 2 aromatic carbocycles. The number of para-hydroxylation sites is 1. The minimum absolute atomic E-state index is 0.395. The van der Waals surface area contributed by atoms with E-state index in [1.54, 1.807) is 28.8 Å². The summed E-state index contributed by atoms with van der Waals surface area (Å²) in [4.78, 5) is 29.0. The van der Waals surface area contributed by atoms with E-state index in [-0.39, 0.29) is 0 Å². The number of rotatable bonds is 5. The van der Waals surface area contributed by atoms with Crippen LogP contribution in [0.4, 0.5) is 5.69 Å². The second-order valence-electron chi connectivity index (χ2n) is 5.58. The molecule has 0 fully saturated rings. The Labute approximate surface area is 140 Å². The Balaban J connectivity index is 1.71. The van der Waals surface area contributed by atoms with Crippen LogP contribution in [-0.2, 0) is 11.3 Å². The maximum Gasteiger partial charge on any atom is 0.300 e. The van der Waals surface area contributed by atoms with Crippen LogP contribution < -0.4 is 4.90 Å². The molecule has 2 aromatic rings. The predicted molar refractivity (Wildman–Crippen MR) is 92.8 cm³/mol. The van der Waals surface area contributed by atoms with Crippen LogP contribution in [0.3, 0.4) is 0 Å². The van der Waals surface area contributed by atoms with Crippen molar-refractivity contribution < 1.29 is 9.59 Å². The summed E-state index contributed by atoms with van der Waals surface area (Å²) in [6, 6.07) is 15.5. The zero-order chi connectivity index (χ0) is 16.4. The smallest absolute Gasteiger partial charge is 0.291 e. The first-order valence-corrected chi connectivity index (χ1v) is 8.59. The molecule has 1 heterocycles. The number of Topliss-reactive ketones (excluding diaryl/α,β-unsaturated/α-hetero) is 1. The first-order chi connectivity index (χ1) is 11.1. The molecule has 0 atom stereocenters. The van der Waals surface area contributed by atoms with E-state index in [9.17, 15) is 9.59 Å². The minimum atomic E-state index is -0.448. The van der Waals surface area contributed by atoms with Gasteiger partial charge in [-0.15, -0.1) is 11.8 Å². The number of benzene rings is 2. The van der Waals surface area contributed by atoms with E-state index in [0.29, 0.717) is 17.9 Å². The molecular weight excluding hydrogens is 308 g/mol. The third kappa shape index (κ3) is 3.16. The summed E-state index contributed by atoms with van der Waals surface area (Å²) < 4.78 is 0. The molecule has 4 nitrogen and oxygen atoms in total. The van der Waals surface area contributed by atoms with Gasteiger partial charge in [0.25, 0.3) is 5.78 Å². The van der Waals surface area contributed by atoms with Gasteiger partial charge in [0.2, 0.25) is 0 Å². The fourth-order valence-corrected chi connectivity index (χ4v) is 3.13. The van der Waals surface area contributed by atoms with Crippen molar-refractivity contribution in [3.8, 4) is 0 Å². The lowest BCUT2D eigenvalue weighted by molar-refractivity contribution is -0.114. The Kier molecular flexibility index (Phi) is 4.50. The topological polar surface area (TPSA) is 40.6 Å². The van der Waals surface area contributed by atoms with Crippen LogP contribution in [0.1, 0.15) is 15.9 Å². The summed E-state index contributed by atoms with van der Waals surface area (Å²) in [6.07, 6.45) is 2.05. The van der Waals surface area contributed by atoms with Gasteiger partial charge >= 0.3 is 5.91 Å². The van der Waals surface area contributed by atoms with Gasteiger partial charge in [-0.1, -0.05) is 24.3 Å². The lowest BCUT2D eigenvalue weighted by atomic mass is 10.1. The summed E-state index contributed by atoms with van der Waals surface area (Å²) in [5.74, 6) is -0.867. The van der Waals surface area contributed by atoms with E-state index >= 15 is 0 Å². The Hall–Kier alpha value is -2.11. The molecule has 0 spiro atoms. The monoisotopic (exact) mass is 326 g/mol. The highest BCUT2D eigenvalue weighted by Gasteiger charge is 2.35. The van der Waals surface area contributed by atoms with Crippen molar-refractivity contribution in [3.05, 3.63) is 59.7 Å². The van der Waals surface area contributed by atoms with Gasteiger partial charge in [0.05, 0.1) is 17.9 Å². The number of carbonyl (C=O) groups is 2. The molecule has 0 N–H and O–H groups in total. The van der Waals surface area contributed by atoms with Gasteiger partial charge in [-0.3, -0.25) is 19.4 Å². The van der Waals surface area contributed by atoms with Crippen LogP contribution in [0.2, 0.25) is 0 Å². The molecule has 0 saturated carbocycles. The van der Waals surface area contributed by atoms with Crippen LogP contribution in [0.25, 0.3) is 0 Å². The van der Waals surface area contributed by atoms with Crippen LogP contribution >= 0.6 is 11.8 Å². The molecule has 23 heavy (non-hydrogen) atoms. The van der Waals surface area contributed by atoms with Crippen molar-refractivity contribution in [2.75, 3.05) is 24.9 Å². The lowest BCUT2D eigenvalue weighted by Gasteiger charge is -2.24. The summed E-state index contributed by atoms with van der Waals surface area (Å²) in [7, 11) is 1.95. The fraction of sp³-hybridized carbons (Fsp3) is 0.222. The second-order valence-corrected chi connectivity index (χ2v) is 6.46. The predicted octanol–water partition coefficient (Wildman–Crippen LogP) is 3.03. The molecule has 0 aliphatic carbocycles. The van der Waals surface area contributed by atoms with Gasteiger partial charge in [-0.25, -0.2) is 0 Å². The van der Waals surface area contributed by atoms with E-state index < -0.39 is 11.7 Å². The third-order valence-electron chi connectivity index (χ3n) is 3.87. The number of anilines is 1. The molecule has 118 valence electrons. The van der Waals surface area contributed by atoms with Crippen LogP contribution in [0.15, 0.2) is 53.4 Å². The summed E-state index contributed by atoms with van der Waals surface area (Å²) in [6.45, 7) is 1.11. The Morgan fingerprint density at radius 3 is 2.43 bits per heavy atom. The number of hydrogen-bond acceptors (Lipinski definition) is 4. The SMILES string of the molecule is CSc1ccc(CN(C)CN2C(=O)C(=O)c3ccccc32)cc1. The number of nitrogens with zero attached hydrogens (tertiary/aromatic N) is 2. The molecule has 0 saturated heterocycles. The highest BCUT2D eigenvalue weighted by molar-refractivity contribution is 7.98. The van der Waals surface area contributed by atoms with Gasteiger partial charge in [0, 0.05) is 11.4 Å². The fourth-order valence-electron chi connectivity index (χ4n) is 2.72. The number of carbonyl (C=O) groups excluding carboxylic acids is 2. The molecule has 1 amide bonds. The zero-order valence-electron chi connectivity index (χ0n) is 13.2. The van der Waals surface area contributed by atoms with Crippen molar-refractivity contribution in [2.24, 2.45) is 0 Å². The molecular formula is C18H18N2O2S. The van der Waals surface area contributed by atoms with E-state index in [0.717, 1.165) is 6.54 Å². The van der Waals surface area contributed by atoms with Crippen molar-refractivity contribution >= 4 is 29.1 Å². The third-order valence-corrected chi connectivity index (χ3v) is 4.62. The van der Waals surface area contributed by atoms with Crippen molar-refractivity contribution in [3.63, 3.8) is 0 Å². The van der Waals surface area contributed by atoms with Crippen LogP contribution in [0.5, 0.6) is 0 Å². The van der Waals surface area contributed by atoms with Gasteiger partial charge in [-0.05, 0) is 43.1 Å². The molecule has 3 rings (SSSR count). The molecule has 0 aromatic heterocycles. The molecule has 0 unspecified atom stereocenters.